The minimum absolute atomic E-state index is 0.0241. The number of amides is 1. The van der Waals surface area contributed by atoms with Gasteiger partial charge >= 0.3 is 0 Å². The van der Waals surface area contributed by atoms with Crippen molar-refractivity contribution in [2.24, 2.45) is 0 Å². The van der Waals surface area contributed by atoms with Gasteiger partial charge in [-0.3, -0.25) is 9.52 Å². The maximum atomic E-state index is 12.5. The first-order valence-corrected chi connectivity index (χ1v) is 10.6. The number of anilines is 2. The molecule has 0 aromatic heterocycles. The van der Waals surface area contributed by atoms with Crippen LogP contribution in [0.15, 0.2) is 71.6 Å². The third kappa shape index (κ3) is 5.03. The fourth-order valence-electron chi connectivity index (χ4n) is 2.61. The lowest BCUT2D eigenvalue weighted by molar-refractivity contribution is 0.102. The molecule has 0 radical (unpaired) electrons. The highest BCUT2D eigenvalue weighted by Gasteiger charge is 2.16. The summed E-state index contributed by atoms with van der Waals surface area (Å²) in [7, 11) is -0.789. The van der Waals surface area contributed by atoms with E-state index >= 15 is 0 Å². The summed E-state index contributed by atoms with van der Waals surface area (Å²) >= 11 is 5.81. The van der Waals surface area contributed by atoms with Gasteiger partial charge < -0.3 is 14.8 Å². The van der Waals surface area contributed by atoms with Gasteiger partial charge in [0.2, 0.25) is 0 Å². The van der Waals surface area contributed by atoms with Crippen molar-refractivity contribution in [2.75, 3.05) is 24.3 Å². The molecule has 3 aromatic carbocycles. The number of ether oxygens (including phenoxy) is 2. The van der Waals surface area contributed by atoms with E-state index < -0.39 is 15.9 Å². The van der Waals surface area contributed by atoms with E-state index in [1.165, 1.54) is 38.5 Å². The molecule has 0 unspecified atom stereocenters. The van der Waals surface area contributed by atoms with E-state index in [-0.39, 0.29) is 4.90 Å². The van der Waals surface area contributed by atoms with Crippen LogP contribution in [0.5, 0.6) is 11.5 Å². The van der Waals surface area contributed by atoms with Gasteiger partial charge in [-0.05, 0) is 60.7 Å². The Morgan fingerprint density at radius 1 is 0.900 bits per heavy atom. The molecule has 30 heavy (non-hydrogen) atoms. The minimum Gasteiger partial charge on any atom is -0.497 e. The lowest BCUT2D eigenvalue weighted by Gasteiger charge is -2.12. The largest absolute Gasteiger partial charge is 0.497 e. The van der Waals surface area contributed by atoms with Gasteiger partial charge in [0.25, 0.3) is 15.9 Å². The number of nitrogens with one attached hydrogen (secondary N) is 2. The van der Waals surface area contributed by atoms with Crippen molar-refractivity contribution >= 4 is 38.9 Å². The maximum absolute atomic E-state index is 12.5. The van der Waals surface area contributed by atoms with Gasteiger partial charge in [0, 0.05) is 22.3 Å². The highest BCUT2D eigenvalue weighted by atomic mass is 35.5. The maximum Gasteiger partial charge on any atom is 0.261 e. The molecule has 0 aliphatic rings. The summed E-state index contributed by atoms with van der Waals surface area (Å²) in [5, 5.41) is 3.24. The Morgan fingerprint density at radius 3 is 2.17 bits per heavy atom. The summed E-state index contributed by atoms with van der Waals surface area (Å²) in [6.07, 6.45) is 0. The van der Waals surface area contributed by atoms with E-state index in [2.05, 4.69) is 10.0 Å². The third-order valence-electron chi connectivity index (χ3n) is 4.18. The topological polar surface area (TPSA) is 93.7 Å². The first-order chi connectivity index (χ1) is 14.3. The van der Waals surface area contributed by atoms with Crippen LogP contribution in [0.25, 0.3) is 0 Å². The molecule has 0 spiro atoms. The van der Waals surface area contributed by atoms with Crippen LogP contribution in [0.3, 0.4) is 0 Å². The van der Waals surface area contributed by atoms with Gasteiger partial charge in [-0.15, -0.1) is 0 Å². The lowest BCUT2D eigenvalue weighted by Crippen LogP contribution is -2.15. The van der Waals surface area contributed by atoms with Gasteiger partial charge in [-0.25, -0.2) is 8.42 Å². The molecule has 1 amide bonds. The molecule has 7 nitrogen and oxygen atoms in total. The smallest absolute Gasteiger partial charge is 0.261 e. The van der Waals surface area contributed by atoms with Gasteiger partial charge in [0.1, 0.15) is 11.5 Å². The van der Waals surface area contributed by atoms with Crippen LogP contribution in [0.2, 0.25) is 5.02 Å². The van der Waals surface area contributed by atoms with Gasteiger partial charge in [0.15, 0.2) is 0 Å². The van der Waals surface area contributed by atoms with Crippen molar-refractivity contribution in [1.29, 1.82) is 0 Å². The van der Waals surface area contributed by atoms with Gasteiger partial charge in [-0.2, -0.15) is 0 Å². The first kappa shape index (κ1) is 21.5. The van der Waals surface area contributed by atoms with Crippen molar-refractivity contribution < 1.29 is 22.7 Å². The second kappa shape index (κ2) is 9.06. The molecular weight excluding hydrogens is 428 g/mol. The molecule has 0 bridgehead atoms. The Bertz CT molecular complexity index is 1150. The second-order valence-corrected chi connectivity index (χ2v) is 8.28. The van der Waals surface area contributed by atoms with Crippen molar-refractivity contribution in [1.82, 2.24) is 0 Å². The van der Waals surface area contributed by atoms with Crippen molar-refractivity contribution in [3.63, 3.8) is 0 Å². The summed E-state index contributed by atoms with van der Waals surface area (Å²) in [5.74, 6) is 0.620. The van der Waals surface area contributed by atoms with Gasteiger partial charge in [0.05, 0.1) is 24.8 Å². The van der Waals surface area contributed by atoms with E-state index in [1.54, 1.807) is 42.5 Å². The Hall–Kier alpha value is -3.23. The zero-order chi connectivity index (χ0) is 21.7. The third-order valence-corrected chi connectivity index (χ3v) is 5.83. The average molecular weight is 447 g/mol. The fourth-order valence-corrected chi connectivity index (χ4v) is 3.80. The lowest BCUT2D eigenvalue weighted by atomic mass is 10.2. The van der Waals surface area contributed by atoms with Crippen LogP contribution < -0.4 is 19.5 Å². The summed E-state index contributed by atoms with van der Waals surface area (Å²) in [6.45, 7) is 0. The molecule has 3 aromatic rings. The zero-order valence-corrected chi connectivity index (χ0v) is 17.8. The monoisotopic (exact) mass is 446 g/mol. The number of rotatable bonds is 7. The Kier molecular flexibility index (Phi) is 6.49. The molecule has 0 aliphatic heterocycles. The quantitative estimate of drug-likeness (QED) is 0.560. The van der Waals surface area contributed by atoms with E-state index in [0.717, 1.165) is 0 Å². The second-order valence-electron chi connectivity index (χ2n) is 6.16. The molecule has 9 heteroatoms. The number of hydrogen-bond donors (Lipinski definition) is 2. The van der Waals surface area contributed by atoms with Crippen molar-refractivity contribution in [3.8, 4) is 11.5 Å². The molecule has 0 saturated carbocycles. The van der Waals surface area contributed by atoms with E-state index in [1.807, 2.05) is 0 Å². The molecule has 0 saturated heterocycles. The first-order valence-electron chi connectivity index (χ1n) is 8.74. The molecule has 0 atom stereocenters. The van der Waals surface area contributed by atoms with E-state index in [0.29, 0.717) is 33.5 Å². The van der Waals surface area contributed by atoms with Crippen LogP contribution in [0, 0.1) is 0 Å². The van der Waals surface area contributed by atoms with Crippen LogP contribution in [-0.2, 0) is 10.0 Å². The molecule has 0 fully saturated rings. The highest BCUT2D eigenvalue weighted by molar-refractivity contribution is 7.92. The SMILES string of the molecule is COc1ccc(NC(=O)c2ccc(S(=O)(=O)Nc3ccc(Cl)cc3)cc2)c(OC)c1. The molecule has 2 N–H and O–H groups in total. The number of sulfonamides is 1. The standard InChI is InChI=1S/C21H19ClN2O5S/c1-28-17-9-12-19(20(13-17)29-2)23-21(25)14-3-10-18(11-4-14)30(26,27)24-16-7-5-15(22)6-8-16/h3-13,24H,1-2H3,(H,23,25). The Labute approximate surface area is 179 Å². The summed E-state index contributed by atoms with van der Waals surface area (Å²) in [5.41, 5.74) is 1.13. The number of methoxy groups -OCH3 is 2. The van der Waals surface area contributed by atoms with Crippen LogP contribution in [0.4, 0.5) is 11.4 Å². The van der Waals surface area contributed by atoms with Gasteiger partial charge in [-0.1, -0.05) is 11.6 Å². The molecular formula is C21H19ClN2O5S. The Balaban J connectivity index is 1.75. The fraction of sp³-hybridized carbons (Fsp3) is 0.0952. The number of benzene rings is 3. The number of carbonyl (C=O) groups excluding carboxylic acids is 1. The van der Waals surface area contributed by atoms with Crippen molar-refractivity contribution in [2.45, 2.75) is 4.90 Å². The normalized spacial score (nSPS) is 10.9. The molecule has 3 rings (SSSR count). The molecule has 156 valence electrons. The highest BCUT2D eigenvalue weighted by Crippen LogP contribution is 2.29. The number of carbonyl (C=O) groups is 1. The predicted octanol–water partition coefficient (Wildman–Crippen LogP) is 4.41. The van der Waals surface area contributed by atoms with Crippen molar-refractivity contribution in [3.05, 3.63) is 77.3 Å². The zero-order valence-electron chi connectivity index (χ0n) is 16.2. The van der Waals surface area contributed by atoms with Crippen LogP contribution in [0.1, 0.15) is 10.4 Å². The summed E-state index contributed by atoms with van der Waals surface area (Å²) in [4.78, 5) is 12.6. The van der Waals surface area contributed by atoms with E-state index in [4.69, 9.17) is 21.1 Å². The summed E-state index contributed by atoms with van der Waals surface area (Å²) < 4.78 is 37.9. The average Bonchev–Trinajstić information content (AvgIpc) is 2.75. The van der Waals surface area contributed by atoms with Crippen LogP contribution >= 0.6 is 11.6 Å². The number of halogens is 1. The number of hydrogen-bond acceptors (Lipinski definition) is 5. The molecule has 0 heterocycles. The van der Waals surface area contributed by atoms with E-state index in [9.17, 15) is 13.2 Å². The minimum atomic E-state index is -3.80. The predicted molar refractivity (Wildman–Crippen MR) is 116 cm³/mol. The molecule has 0 aliphatic carbocycles. The summed E-state index contributed by atoms with van der Waals surface area (Å²) in [6, 6.07) is 16.9. The Morgan fingerprint density at radius 2 is 1.57 bits per heavy atom. The van der Waals surface area contributed by atoms with Crippen LogP contribution in [-0.4, -0.2) is 28.5 Å².